The zero-order valence-electron chi connectivity index (χ0n) is 15.0. The summed E-state index contributed by atoms with van der Waals surface area (Å²) < 4.78 is 32.9. The second kappa shape index (κ2) is 7.88. The molecule has 0 saturated carbocycles. The molecule has 11 heteroatoms. The molecule has 1 aromatic heterocycles. The molecule has 0 aliphatic carbocycles. The fourth-order valence-electron chi connectivity index (χ4n) is 2.91. The highest BCUT2D eigenvalue weighted by molar-refractivity contribution is 7.89. The number of hydrogen-bond acceptors (Lipinski definition) is 7. The van der Waals surface area contributed by atoms with E-state index in [2.05, 4.69) is 10.3 Å². The van der Waals surface area contributed by atoms with Crippen LogP contribution in [0.4, 0.5) is 5.13 Å². The number of nitrogens with one attached hydrogen (secondary N) is 1. The van der Waals surface area contributed by atoms with E-state index in [9.17, 15) is 18.3 Å². The van der Waals surface area contributed by atoms with Crippen LogP contribution in [-0.4, -0.2) is 55.0 Å². The van der Waals surface area contributed by atoms with Crippen LogP contribution in [0.2, 0.25) is 5.02 Å². The Labute approximate surface area is 175 Å². The average Bonchev–Trinajstić information content (AvgIpc) is 3.10. The van der Waals surface area contributed by atoms with Crippen molar-refractivity contribution in [3.05, 3.63) is 47.0 Å². The van der Waals surface area contributed by atoms with Crippen LogP contribution in [0.25, 0.3) is 10.2 Å². The molecule has 2 N–H and O–H groups in total. The van der Waals surface area contributed by atoms with Crippen molar-refractivity contribution in [2.75, 3.05) is 31.6 Å². The lowest BCUT2D eigenvalue weighted by Gasteiger charge is -2.26. The lowest BCUT2D eigenvalue weighted by Crippen LogP contribution is -2.40. The number of hydrogen-bond donors (Lipinski definition) is 2. The number of morpholine rings is 1. The molecular formula is C18H16ClN3O5S2. The first-order valence-corrected chi connectivity index (χ1v) is 11.3. The number of aromatic nitrogens is 1. The van der Waals surface area contributed by atoms with Crippen LogP contribution in [0.15, 0.2) is 41.3 Å². The van der Waals surface area contributed by atoms with Gasteiger partial charge in [-0.1, -0.05) is 22.9 Å². The number of carbonyl (C=O) groups is 1. The summed E-state index contributed by atoms with van der Waals surface area (Å²) in [5.74, 6) is -0.987. The zero-order chi connectivity index (χ0) is 20.6. The van der Waals surface area contributed by atoms with Crippen molar-refractivity contribution in [2.45, 2.75) is 4.90 Å². The van der Waals surface area contributed by atoms with Gasteiger partial charge in [0.2, 0.25) is 10.0 Å². The Morgan fingerprint density at radius 3 is 2.72 bits per heavy atom. The molecular weight excluding hydrogens is 438 g/mol. The van der Waals surface area contributed by atoms with Gasteiger partial charge in [0.15, 0.2) is 5.13 Å². The molecule has 1 aliphatic heterocycles. The Bertz CT molecular complexity index is 1190. The first-order chi connectivity index (χ1) is 13.8. The normalized spacial score (nSPS) is 15.5. The minimum absolute atomic E-state index is 0.0709. The molecule has 1 aliphatic rings. The largest absolute Gasteiger partial charge is 0.507 e. The third-order valence-electron chi connectivity index (χ3n) is 4.39. The van der Waals surface area contributed by atoms with E-state index in [-0.39, 0.29) is 29.3 Å². The fraction of sp³-hybridized carbons (Fsp3) is 0.222. The van der Waals surface area contributed by atoms with Gasteiger partial charge < -0.3 is 9.84 Å². The number of carbonyl (C=O) groups excluding carboxylic acids is 1. The summed E-state index contributed by atoms with van der Waals surface area (Å²) in [4.78, 5) is 16.9. The predicted octanol–water partition coefficient (Wildman–Crippen LogP) is 2.93. The van der Waals surface area contributed by atoms with E-state index < -0.39 is 15.9 Å². The molecule has 1 saturated heterocycles. The Morgan fingerprint density at radius 1 is 1.21 bits per heavy atom. The number of phenols is 1. The number of fused-ring (bicyclic) bond motifs is 1. The summed E-state index contributed by atoms with van der Waals surface area (Å²) in [6.07, 6.45) is 0. The maximum Gasteiger partial charge on any atom is 0.261 e. The number of thiazole rings is 1. The van der Waals surface area contributed by atoms with Crippen LogP contribution in [0, 0.1) is 0 Å². The highest BCUT2D eigenvalue weighted by Crippen LogP contribution is 2.30. The summed E-state index contributed by atoms with van der Waals surface area (Å²) in [6, 6.07) is 8.80. The summed E-state index contributed by atoms with van der Waals surface area (Å²) in [7, 11) is -3.80. The molecule has 0 unspecified atom stereocenters. The SMILES string of the molecule is O=C(Nc1nc2ccc(Cl)cc2s1)c1cc(S(=O)(=O)N2CCOCC2)ccc1O. The first kappa shape index (κ1) is 20.0. The third-order valence-corrected chi connectivity index (χ3v) is 7.45. The maximum atomic E-state index is 12.8. The quantitative estimate of drug-likeness (QED) is 0.628. The summed E-state index contributed by atoms with van der Waals surface area (Å²) in [5, 5.41) is 13.6. The van der Waals surface area contributed by atoms with Crippen LogP contribution in [0.3, 0.4) is 0 Å². The highest BCUT2D eigenvalue weighted by atomic mass is 35.5. The predicted molar refractivity (Wildman–Crippen MR) is 110 cm³/mol. The van der Waals surface area contributed by atoms with E-state index in [1.807, 2.05) is 0 Å². The van der Waals surface area contributed by atoms with Crippen LogP contribution < -0.4 is 5.32 Å². The van der Waals surface area contributed by atoms with E-state index in [4.69, 9.17) is 16.3 Å². The van der Waals surface area contributed by atoms with Gasteiger partial charge in [0.25, 0.3) is 5.91 Å². The van der Waals surface area contributed by atoms with Gasteiger partial charge in [-0.05, 0) is 36.4 Å². The first-order valence-electron chi connectivity index (χ1n) is 8.63. The van der Waals surface area contributed by atoms with Gasteiger partial charge in [-0.2, -0.15) is 4.31 Å². The standard InChI is InChI=1S/C18H16ClN3O5S2/c19-11-1-3-14-16(9-11)28-18(20-14)21-17(24)13-10-12(2-4-15(13)23)29(25,26)22-5-7-27-8-6-22/h1-4,9-10,23H,5-8H2,(H,20,21,24). The third kappa shape index (κ3) is 4.07. The van der Waals surface area contributed by atoms with Crippen molar-refractivity contribution < 1.29 is 23.1 Å². The van der Waals surface area contributed by atoms with E-state index >= 15 is 0 Å². The minimum atomic E-state index is -3.80. The second-order valence-corrected chi connectivity index (χ2v) is 9.69. The number of phenolic OH excluding ortho intramolecular Hbond substituents is 1. The molecule has 4 rings (SSSR count). The van der Waals surface area contributed by atoms with Crippen molar-refractivity contribution in [1.82, 2.24) is 9.29 Å². The van der Waals surface area contributed by atoms with Crippen molar-refractivity contribution in [2.24, 2.45) is 0 Å². The number of nitrogens with zero attached hydrogens (tertiary/aromatic N) is 2. The van der Waals surface area contributed by atoms with Gasteiger partial charge in [0.1, 0.15) is 5.75 Å². The molecule has 0 radical (unpaired) electrons. The van der Waals surface area contributed by atoms with Gasteiger partial charge in [-0.25, -0.2) is 13.4 Å². The second-order valence-electron chi connectivity index (χ2n) is 6.28. The fourth-order valence-corrected chi connectivity index (χ4v) is 5.48. The molecule has 0 bridgehead atoms. The van der Waals surface area contributed by atoms with E-state index in [1.54, 1.807) is 18.2 Å². The number of ether oxygens (including phenoxy) is 1. The topological polar surface area (TPSA) is 109 Å². The van der Waals surface area contributed by atoms with Crippen molar-refractivity contribution in [3.63, 3.8) is 0 Å². The van der Waals surface area contributed by atoms with Crippen molar-refractivity contribution >= 4 is 54.2 Å². The van der Waals surface area contributed by atoms with Crippen LogP contribution in [0.1, 0.15) is 10.4 Å². The van der Waals surface area contributed by atoms with E-state index in [1.165, 1.54) is 33.8 Å². The Morgan fingerprint density at radius 2 is 1.97 bits per heavy atom. The monoisotopic (exact) mass is 453 g/mol. The molecule has 29 heavy (non-hydrogen) atoms. The number of halogens is 1. The van der Waals surface area contributed by atoms with Gasteiger partial charge in [-0.3, -0.25) is 10.1 Å². The number of amides is 1. The Kier molecular flexibility index (Phi) is 5.45. The molecule has 1 amide bonds. The number of aromatic hydroxyl groups is 1. The van der Waals surface area contributed by atoms with E-state index in [0.717, 1.165) is 4.70 Å². The summed E-state index contributed by atoms with van der Waals surface area (Å²) in [5.41, 5.74) is 0.513. The minimum Gasteiger partial charge on any atom is -0.507 e. The van der Waals surface area contributed by atoms with Gasteiger partial charge >= 0.3 is 0 Å². The van der Waals surface area contributed by atoms with Crippen LogP contribution in [0.5, 0.6) is 5.75 Å². The lowest BCUT2D eigenvalue weighted by atomic mass is 10.2. The molecule has 1 fully saturated rings. The molecule has 8 nitrogen and oxygen atoms in total. The molecule has 2 heterocycles. The highest BCUT2D eigenvalue weighted by Gasteiger charge is 2.28. The number of benzene rings is 2. The molecule has 152 valence electrons. The van der Waals surface area contributed by atoms with E-state index in [0.29, 0.717) is 28.9 Å². The van der Waals surface area contributed by atoms with Crippen molar-refractivity contribution in [3.8, 4) is 5.75 Å². The molecule has 0 atom stereocenters. The van der Waals surface area contributed by atoms with Crippen LogP contribution >= 0.6 is 22.9 Å². The number of sulfonamides is 1. The average molecular weight is 454 g/mol. The van der Waals surface area contributed by atoms with Gasteiger partial charge in [0, 0.05) is 18.1 Å². The van der Waals surface area contributed by atoms with Gasteiger partial charge in [0.05, 0.1) is 33.9 Å². The zero-order valence-corrected chi connectivity index (χ0v) is 17.4. The molecule has 3 aromatic rings. The van der Waals surface area contributed by atoms with Crippen molar-refractivity contribution in [1.29, 1.82) is 0 Å². The maximum absolute atomic E-state index is 12.8. The van der Waals surface area contributed by atoms with Gasteiger partial charge in [-0.15, -0.1) is 0 Å². The Hall–Kier alpha value is -2.24. The summed E-state index contributed by atoms with van der Waals surface area (Å²) >= 11 is 7.19. The number of anilines is 1. The Balaban J connectivity index is 1.61. The molecule has 0 spiro atoms. The van der Waals surface area contributed by atoms with Crippen LogP contribution in [-0.2, 0) is 14.8 Å². The lowest BCUT2D eigenvalue weighted by molar-refractivity contribution is 0.0730. The summed E-state index contributed by atoms with van der Waals surface area (Å²) in [6.45, 7) is 1.09. The molecule has 2 aromatic carbocycles. The smallest absolute Gasteiger partial charge is 0.261 e. The number of rotatable bonds is 4.